The van der Waals surface area contributed by atoms with Crippen molar-refractivity contribution in [3.05, 3.63) is 64.7 Å². The second-order valence-corrected chi connectivity index (χ2v) is 6.62. The first kappa shape index (κ1) is 20.5. The van der Waals surface area contributed by atoms with Gasteiger partial charge in [-0.25, -0.2) is 18.8 Å². The topological polar surface area (TPSA) is 84.3 Å². The molecule has 1 aliphatic rings. The molecule has 0 saturated heterocycles. The highest BCUT2D eigenvalue weighted by Gasteiger charge is 2.52. The zero-order valence-corrected chi connectivity index (χ0v) is 14.9. The lowest BCUT2D eigenvalue weighted by molar-refractivity contribution is -0.209. The van der Waals surface area contributed by atoms with Crippen LogP contribution in [0.4, 0.5) is 22.0 Å². The highest BCUT2D eigenvalue weighted by molar-refractivity contribution is 5.73. The quantitative estimate of drug-likeness (QED) is 0.782. The number of benzene rings is 1. The summed E-state index contributed by atoms with van der Waals surface area (Å²) in [4.78, 5) is 7.55. The van der Waals surface area contributed by atoms with Crippen LogP contribution in [-0.2, 0) is 16.7 Å². The van der Waals surface area contributed by atoms with Gasteiger partial charge in [0.1, 0.15) is 29.8 Å². The summed E-state index contributed by atoms with van der Waals surface area (Å²) in [5, 5.41) is 8.93. The largest absolute Gasteiger partial charge is 0.452 e. The molecule has 1 aromatic carbocycles. The third kappa shape index (κ3) is 4.29. The standard InChI is InChI=1S/C19H15F5N4O/c20-10-18(8-16(19(22,23)24)29-17(26)28-18)14-7-11(1-2-15(14)21)5-12-3-4-27-13(6-12)9-25/h1-4,6-7,16H,5,8,10H2,(H2,26,28)/t16-,18+/m0/s1. The van der Waals surface area contributed by atoms with Crippen LogP contribution in [-0.4, -0.2) is 30.0 Å². The number of rotatable bonds is 4. The van der Waals surface area contributed by atoms with Crippen LogP contribution in [0, 0.1) is 17.1 Å². The number of ether oxygens (including phenoxy) is 1. The highest BCUT2D eigenvalue weighted by atomic mass is 19.4. The maximum atomic E-state index is 14.5. The first-order chi connectivity index (χ1) is 13.7. The molecule has 3 rings (SSSR count). The molecule has 0 unspecified atom stereocenters. The molecule has 0 amide bonds. The van der Waals surface area contributed by atoms with Crippen LogP contribution in [0.25, 0.3) is 0 Å². The van der Waals surface area contributed by atoms with Crippen LogP contribution in [0.3, 0.4) is 0 Å². The van der Waals surface area contributed by atoms with Crippen molar-refractivity contribution in [1.82, 2.24) is 4.98 Å². The molecule has 29 heavy (non-hydrogen) atoms. The Hall–Kier alpha value is -3.22. The minimum absolute atomic E-state index is 0.180. The second kappa shape index (κ2) is 7.66. The average Bonchev–Trinajstić information content (AvgIpc) is 2.68. The van der Waals surface area contributed by atoms with Crippen molar-refractivity contribution < 1.29 is 26.7 Å². The van der Waals surface area contributed by atoms with Crippen LogP contribution in [0.1, 0.15) is 28.8 Å². The molecule has 2 aromatic rings. The summed E-state index contributed by atoms with van der Waals surface area (Å²) in [6.45, 7) is -1.39. The fraction of sp³-hybridized carbons (Fsp3) is 0.316. The SMILES string of the molecule is N#Cc1cc(Cc2ccc(F)c([C@]3(CF)C[C@@H](C(F)(F)F)OC(N)=N3)c2)ccn1. The number of halogens is 5. The monoisotopic (exact) mass is 410 g/mol. The molecule has 0 aliphatic carbocycles. The van der Waals surface area contributed by atoms with Crippen molar-refractivity contribution in [2.24, 2.45) is 10.7 Å². The lowest BCUT2D eigenvalue weighted by Crippen LogP contribution is -2.48. The van der Waals surface area contributed by atoms with Gasteiger partial charge in [-0.05, 0) is 41.8 Å². The fourth-order valence-electron chi connectivity index (χ4n) is 3.21. The maximum Gasteiger partial charge on any atom is 0.425 e. The number of aromatic nitrogens is 1. The molecule has 2 N–H and O–H groups in total. The highest BCUT2D eigenvalue weighted by Crippen LogP contribution is 2.41. The summed E-state index contributed by atoms with van der Waals surface area (Å²) >= 11 is 0. The minimum Gasteiger partial charge on any atom is -0.452 e. The first-order valence-electron chi connectivity index (χ1n) is 8.45. The van der Waals surface area contributed by atoms with E-state index >= 15 is 0 Å². The predicted octanol–water partition coefficient (Wildman–Crippen LogP) is 3.51. The lowest BCUT2D eigenvalue weighted by Gasteiger charge is -2.36. The normalized spacial score (nSPS) is 21.8. The molecule has 10 heteroatoms. The fourth-order valence-corrected chi connectivity index (χ4v) is 3.21. The van der Waals surface area contributed by atoms with E-state index in [0.29, 0.717) is 11.1 Å². The van der Waals surface area contributed by atoms with E-state index in [1.807, 2.05) is 6.07 Å². The van der Waals surface area contributed by atoms with Gasteiger partial charge in [-0.1, -0.05) is 6.07 Å². The van der Waals surface area contributed by atoms with E-state index in [-0.39, 0.29) is 17.7 Å². The molecular weight excluding hydrogens is 395 g/mol. The van der Waals surface area contributed by atoms with Crippen LogP contribution >= 0.6 is 0 Å². The van der Waals surface area contributed by atoms with Crippen molar-refractivity contribution in [3.63, 3.8) is 0 Å². The van der Waals surface area contributed by atoms with E-state index in [1.54, 1.807) is 6.07 Å². The molecule has 1 aromatic heterocycles. The Morgan fingerprint density at radius 3 is 2.62 bits per heavy atom. The van der Waals surface area contributed by atoms with Crippen molar-refractivity contribution in [1.29, 1.82) is 5.26 Å². The Kier molecular flexibility index (Phi) is 5.42. The van der Waals surface area contributed by atoms with Crippen molar-refractivity contribution in [2.45, 2.75) is 30.7 Å². The van der Waals surface area contributed by atoms with E-state index in [4.69, 9.17) is 11.0 Å². The Balaban J connectivity index is 2.01. The number of hydrogen-bond donors (Lipinski definition) is 1. The van der Waals surface area contributed by atoms with Crippen molar-refractivity contribution in [2.75, 3.05) is 6.67 Å². The number of alkyl halides is 4. The van der Waals surface area contributed by atoms with Gasteiger partial charge >= 0.3 is 6.18 Å². The summed E-state index contributed by atoms with van der Waals surface area (Å²) in [5.74, 6) is -0.904. The van der Waals surface area contributed by atoms with Crippen LogP contribution in [0.15, 0.2) is 41.5 Å². The van der Waals surface area contributed by atoms with Gasteiger partial charge in [0.15, 0.2) is 6.10 Å². The molecular formula is C19H15F5N4O. The third-order valence-corrected chi connectivity index (χ3v) is 4.58. The predicted molar refractivity (Wildman–Crippen MR) is 93.0 cm³/mol. The summed E-state index contributed by atoms with van der Waals surface area (Å²) in [6.07, 6.45) is -6.51. The van der Waals surface area contributed by atoms with E-state index < -0.39 is 42.8 Å². The van der Waals surface area contributed by atoms with Gasteiger partial charge in [0.2, 0.25) is 0 Å². The second-order valence-electron chi connectivity index (χ2n) is 6.62. The summed E-state index contributed by atoms with van der Waals surface area (Å²) in [5.41, 5.74) is 4.21. The zero-order valence-electron chi connectivity index (χ0n) is 14.9. The molecule has 5 nitrogen and oxygen atoms in total. The molecule has 152 valence electrons. The van der Waals surface area contributed by atoms with Gasteiger partial charge in [-0.2, -0.15) is 18.4 Å². The summed E-state index contributed by atoms with van der Waals surface area (Å²) in [7, 11) is 0. The number of nitrogens with zero attached hydrogens (tertiary/aromatic N) is 3. The van der Waals surface area contributed by atoms with Gasteiger partial charge in [0, 0.05) is 18.2 Å². The summed E-state index contributed by atoms with van der Waals surface area (Å²) < 4.78 is 72.5. The van der Waals surface area contributed by atoms with Crippen molar-refractivity contribution in [3.8, 4) is 6.07 Å². The minimum atomic E-state index is -4.82. The Morgan fingerprint density at radius 1 is 1.24 bits per heavy atom. The molecule has 2 heterocycles. The van der Waals surface area contributed by atoms with Crippen LogP contribution in [0.2, 0.25) is 0 Å². The van der Waals surface area contributed by atoms with Gasteiger partial charge in [-0.3, -0.25) is 0 Å². The molecule has 2 atom stereocenters. The Morgan fingerprint density at radius 2 is 1.97 bits per heavy atom. The van der Waals surface area contributed by atoms with E-state index in [0.717, 1.165) is 6.07 Å². The molecule has 0 radical (unpaired) electrons. The zero-order chi connectivity index (χ0) is 21.2. The van der Waals surface area contributed by atoms with Crippen LogP contribution in [0.5, 0.6) is 0 Å². The average molecular weight is 410 g/mol. The van der Waals surface area contributed by atoms with Crippen molar-refractivity contribution >= 4 is 6.02 Å². The Labute approximate surface area is 162 Å². The van der Waals surface area contributed by atoms with Gasteiger partial charge < -0.3 is 10.5 Å². The summed E-state index contributed by atoms with van der Waals surface area (Å²) in [6, 6.07) is 7.92. The number of nitriles is 1. The molecule has 0 fully saturated rings. The van der Waals surface area contributed by atoms with Gasteiger partial charge in [0.05, 0.1) is 0 Å². The molecule has 0 saturated carbocycles. The Bertz CT molecular complexity index is 985. The number of pyridine rings is 1. The lowest BCUT2D eigenvalue weighted by atomic mass is 9.83. The molecule has 0 bridgehead atoms. The number of nitrogens with two attached hydrogens (primary N) is 1. The van der Waals surface area contributed by atoms with E-state index in [9.17, 15) is 22.0 Å². The number of amidine groups is 1. The van der Waals surface area contributed by atoms with Gasteiger partial charge in [0.25, 0.3) is 6.02 Å². The van der Waals surface area contributed by atoms with E-state index in [2.05, 4.69) is 14.7 Å². The van der Waals surface area contributed by atoms with Gasteiger partial charge in [-0.15, -0.1) is 0 Å². The van der Waals surface area contributed by atoms with E-state index in [1.165, 1.54) is 24.4 Å². The maximum absolute atomic E-state index is 14.5. The smallest absolute Gasteiger partial charge is 0.425 e. The molecule has 0 spiro atoms. The molecule has 1 aliphatic heterocycles. The van der Waals surface area contributed by atoms with Crippen LogP contribution < -0.4 is 5.73 Å². The first-order valence-corrected chi connectivity index (χ1v) is 8.45. The number of aliphatic imine (C=N–C) groups is 1. The number of hydrogen-bond acceptors (Lipinski definition) is 5. The third-order valence-electron chi connectivity index (χ3n) is 4.58.